The molecule has 0 aromatic carbocycles. The van der Waals surface area contributed by atoms with Gasteiger partial charge in [-0.05, 0) is 37.3 Å². The standard InChI is InChI=1S/C12H20O/c1-2-3-4-5-10-12(13)11-8-6-7-9-11/h4,10-13H,2-3,6-9H2,1H3. The van der Waals surface area contributed by atoms with Crippen molar-refractivity contribution in [2.75, 3.05) is 0 Å². The molecule has 74 valence electrons. The summed E-state index contributed by atoms with van der Waals surface area (Å²) < 4.78 is 0. The lowest BCUT2D eigenvalue weighted by Gasteiger charge is -2.11. The molecule has 1 heteroatoms. The number of hydrogen-bond acceptors (Lipinski definition) is 1. The van der Waals surface area contributed by atoms with Gasteiger partial charge in [-0.3, -0.25) is 0 Å². The Labute approximate surface area is 81.2 Å². The van der Waals surface area contributed by atoms with Crippen LogP contribution in [0.25, 0.3) is 0 Å². The Hall–Kier alpha value is -0.520. The lowest BCUT2D eigenvalue weighted by Crippen LogP contribution is -2.13. The summed E-state index contributed by atoms with van der Waals surface area (Å²) in [5, 5.41) is 9.71. The number of unbranched alkanes of at least 4 members (excludes halogenated alkanes) is 1. The van der Waals surface area contributed by atoms with Crippen LogP contribution in [0.1, 0.15) is 45.4 Å². The van der Waals surface area contributed by atoms with E-state index >= 15 is 0 Å². The van der Waals surface area contributed by atoms with E-state index in [4.69, 9.17) is 0 Å². The zero-order valence-electron chi connectivity index (χ0n) is 8.50. The molecular formula is C12H20O. The molecule has 0 radical (unpaired) electrons. The molecule has 0 aromatic rings. The SMILES string of the molecule is CCCC=C=CC(O)C1CCCC1. The van der Waals surface area contributed by atoms with Crippen LogP contribution in [0.3, 0.4) is 0 Å². The summed E-state index contributed by atoms with van der Waals surface area (Å²) in [4.78, 5) is 0. The lowest BCUT2D eigenvalue weighted by atomic mass is 10.0. The van der Waals surface area contributed by atoms with Gasteiger partial charge in [0.25, 0.3) is 0 Å². The van der Waals surface area contributed by atoms with Crippen LogP contribution in [-0.2, 0) is 0 Å². The van der Waals surface area contributed by atoms with E-state index in [0.29, 0.717) is 5.92 Å². The zero-order chi connectivity index (χ0) is 9.52. The normalized spacial score (nSPS) is 19.5. The summed E-state index contributed by atoms with van der Waals surface area (Å²) in [6.07, 6.45) is 10.7. The van der Waals surface area contributed by atoms with Crippen molar-refractivity contribution in [2.45, 2.75) is 51.6 Å². The first-order valence-corrected chi connectivity index (χ1v) is 5.43. The largest absolute Gasteiger partial charge is 0.388 e. The lowest BCUT2D eigenvalue weighted by molar-refractivity contribution is 0.156. The van der Waals surface area contributed by atoms with Crippen molar-refractivity contribution in [2.24, 2.45) is 5.92 Å². The van der Waals surface area contributed by atoms with E-state index in [9.17, 15) is 5.11 Å². The number of rotatable bonds is 4. The summed E-state index contributed by atoms with van der Waals surface area (Å²) >= 11 is 0. The van der Waals surface area contributed by atoms with Crippen LogP contribution in [0.15, 0.2) is 17.9 Å². The maximum Gasteiger partial charge on any atom is 0.0822 e. The van der Waals surface area contributed by atoms with Gasteiger partial charge in [0.2, 0.25) is 0 Å². The molecule has 0 aromatic heterocycles. The van der Waals surface area contributed by atoms with Crippen molar-refractivity contribution < 1.29 is 5.11 Å². The summed E-state index contributed by atoms with van der Waals surface area (Å²) in [7, 11) is 0. The van der Waals surface area contributed by atoms with E-state index in [0.717, 1.165) is 12.8 Å². The minimum absolute atomic E-state index is 0.254. The molecule has 0 bridgehead atoms. The molecule has 1 rings (SSSR count). The highest BCUT2D eigenvalue weighted by molar-refractivity contribution is 4.93. The van der Waals surface area contributed by atoms with Crippen molar-refractivity contribution in [1.29, 1.82) is 0 Å². The second-order valence-corrected chi connectivity index (χ2v) is 3.86. The molecule has 1 N–H and O–H groups in total. The molecule has 0 spiro atoms. The van der Waals surface area contributed by atoms with Crippen LogP contribution in [0.4, 0.5) is 0 Å². The van der Waals surface area contributed by atoms with Gasteiger partial charge in [-0.25, -0.2) is 0 Å². The average molecular weight is 180 g/mol. The second-order valence-electron chi connectivity index (χ2n) is 3.86. The van der Waals surface area contributed by atoms with Gasteiger partial charge in [-0.15, -0.1) is 5.73 Å². The second kappa shape index (κ2) is 6.01. The van der Waals surface area contributed by atoms with E-state index in [1.807, 2.05) is 12.2 Å². The van der Waals surface area contributed by atoms with Crippen molar-refractivity contribution >= 4 is 0 Å². The van der Waals surface area contributed by atoms with Gasteiger partial charge < -0.3 is 5.11 Å². The van der Waals surface area contributed by atoms with Crippen LogP contribution < -0.4 is 0 Å². The fourth-order valence-electron chi connectivity index (χ4n) is 1.83. The van der Waals surface area contributed by atoms with Crippen molar-refractivity contribution in [3.8, 4) is 0 Å². The van der Waals surface area contributed by atoms with Crippen molar-refractivity contribution in [1.82, 2.24) is 0 Å². The predicted octanol–water partition coefficient (Wildman–Crippen LogP) is 3.05. The van der Waals surface area contributed by atoms with Crippen molar-refractivity contribution in [3.63, 3.8) is 0 Å². The summed E-state index contributed by atoms with van der Waals surface area (Å²) in [6, 6.07) is 0. The third-order valence-electron chi connectivity index (χ3n) is 2.70. The van der Waals surface area contributed by atoms with Gasteiger partial charge in [-0.1, -0.05) is 26.2 Å². The topological polar surface area (TPSA) is 20.2 Å². The maximum absolute atomic E-state index is 9.71. The number of hydrogen-bond donors (Lipinski definition) is 1. The van der Waals surface area contributed by atoms with Gasteiger partial charge >= 0.3 is 0 Å². The Morgan fingerprint density at radius 1 is 1.46 bits per heavy atom. The van der Waals surface area contributed by atoms with Gasteiger partial charge in [0, 0.05) is 0 Å². The molecule has 1 atom stereocenters. The molecule has 1 unspecified atom stereocenters. The van der Waals surface area contributed by atoms with E-state index in [1.54, 1.807) is 0 Å². The quantitative estimate of drug-likeness (QED) is 0.659. The molecule has 0 heterocycles. The Balaban J connectivity index is 2.30. The fraction of sp³-hybridized carbons (Fsp3) is 0.750. The first kappa shape index (κ1) is 10.6. The molecule has 0 saturated heterocycles. The molecular weight excluding hydrogens is 160 g/mol. The molecule has 0 aliphatic heterocycles. The first-order valence-electron chi connectivity index (χ1n) is 5.43. The third kappa shape index (κ3) is 3.80. The monoisotopic (exact) mass is 180 g/mol. The van der Waals surface area contributed by atoms with Crippen LogP contribution in [0, 0.1) is 5.92 Å². The summed E-state index contributed by atoms with van der Waals surface area (Å²) in [5.74, 6) is 0.502. The minimum atomic E-state index is -0.254. The van der Waals surface area contributed by atoms with Crippen LogP contribution in [0.2, 0.25) is 0 Å². The molecule has 1 aliphatic carbocycles. The van der Waals surface area contributed by atoms with Crippen LogP contribution in [0.5, 0.6) is 0 Å². The zero-order valence-corrected chi connectivity index (χ0v) is 8.50. The Bertz CT molecular complexity index is 183. The number of aliphatic hydroxyl groups is 1. The molecule has 1 fully saturated rings. The molecule has 1 nitrogen and oxygen atoms in total. The molecule has 0 amide bonds. The van der Waals surface area contributed by atoms with Gasteiger partial charge in [0.1, 0.15) is 0 Å². The third-order valence-corrected chi connectivity index (χ3v) is 2.70. The Kier molecular flexibility index (Phi) is 4.88. The molecule has 1 saturated carbocycles. The summed E-state index contributed by atoms with van der Waals surface area (Å²) in [6.45, 7) is 2.14. The Morgan fingerprint density at radius 3 is 2.77 bits per heavy atom. The highest BCUT2D eigenvalue weighted by Crippen LogP contribution is 2.27. The highest BCUT2D eigenvalue weighted by Gasteiger charge is 2.20. The van der Waals surface area contributed by atoms with E-state index in [-0.39, 0.29) is 6.10 Å². The first-order chi connectivity index (χ1) is 6.34. The number of aliphatic hydroxyl groups excluding tert-OH is 1. The average Bonchev–Trinajstić information content (AvgIpc) is 2.65. The Morgan fingerprint density at radius 2 is 2.15 bits per heavy atom. The maximum atomic E-state index is 9.71. The van der Waals surface area contributed by atoms with Crippen molar-refractivity contribution in [3.05, 3.63) is 17.9 Å². The van der Waals surface area contributed by atoms with E-state index < -0.39 is 0 Å². The highest BCUT2D eigenvalue weighted by atomic mass is 16.3. The minimum Gasteiger partial charge on any atom is -0.388 e. The van der Waals surface area contributed by atoms with Gasteiger partial charge in [0.15, 0.2) is 0 Å². The smallest absolute Gasteiger partial charge is 0.0822 e. The van der Waals surface area contributed by atoms with Gasteiger partial charge in [0.05, 0.1) is 6.10 Å². The predicted molar refractivity (Wildman–Crippen MR) is 55.5 cm³/mol. The van der Waals surface area contributed by atoms with E-state index in [1.165, 1.54) is 25.7 Å². The van der Waals surface area contributed by atoms with E-state index in [2.05, 4.69) is 12.7 Å². The van der Waals surface area contributed by atoms with Crippen LogP contribution in [-0.4, -0.2) is 11.2 Å². The van der Waals surface area contributed by atoms with Gasteiger partial charge in [-0.2, -0.15) is 0 Å². The molecule has 13 heavy (non-hydrogen) atoms. The summed E-state index contributed by atoms with van der Waals surface area (Å²) in [5.41, 5.74) is 3.06. The fourth-order valence-corrected chi connectivity index (χ4v) is 1.83. The molecule has 1 aliphatic rings. The van der Waals surface area contributed by atoms with Crippen LogP contribution >= 0.6 is 0 Å².